The summed E-state index contributed by atoms with van der Waals surface area (Å²) in [6.07, 6.45) is 0. The van der Waals surface area contributed by atoms with E-state index in [1.165, 1.54) is 88.9 Å². The zero-order valence-corrected chi connectivity index (χ0v) is 54.8. The summed E-state index contributed by atoms with van der Waals surface area (Å²) in [5, 5.41) is 14.2. The van der Waals surface area contributed by atoms with Crippen molar-refractivity contribution in [3.05, 3.63) is 132 Å². The van der Waals surface area contributed by atoms with Gasteiger partial charge in [0.15, 0.2) is 30.8 Å². The standard InChI is InChI=1S/2C8H7FS2.3C7H5FS2.C6H3FS2.6C2H6/c1-4-3-10-8-6(4)5(2)7(9)11-8;1-4-3-6-5(2)7(9)11-8(6)10-4;1-4-3-9-7-5(4)2-6(8)10-7;1-4-2-5-3-6(8)10-7(5)9-4;1-4-5-2-3-9-7(5)10-6(4)8;7-5-3-4-1-2-8-6(4)9-5;6*1-2/h2*3H,1-2H3;3*2-3H,1H3;1-3H;6*1-2H3. The quantitative estimate of drug-likeness (QED) is 0.133. The van der Waals surface area contributed by atoms with E-state index >= 15 is 0 Å². The van der Waals surface area contributed by atoms with Gasteiger partial charge >= 0.3 is 0 Å². The summed E-state index contributed by atoms with van der Waals surface area (Å²) in [5.41, 5.74) is 4.78. The van der Waals surface area contributed by atoms with Gasteiger partial charge in [0.05, 0.1) is 24.1 Å². The van der Waals surface area contributed by atoms with Crippen molar-refractivity contribution in [3.8, 4) is 0 Å². The van der Waals surface area contributed by atoms with E-state index in [0.29, 0.717) is 0 Å². The van der Waals surface area contributed by atoms with Gasteiger partial charge in [-0.25, -0.2) is 0 Å². The molecule has 0 bridgehead atoms. The van der Waals surface area contributed by atoms with Crippen molar-refractivity contribution >= 4 is 192 Å². The molecule has 73 heavy (non-hydrogen) atoms. The number of halogens is 6. The van der Waals surface area contributed by atoms with Crippen molar-refractivity contribution in [1.82, 2.24) is 0 Å². The summed E-state index contributed by atoms with van der Waals surface area (Å²) in [6, 6.07) is 12.7. The van der Waals surface area contributed by atoms with E-state index in [-0.39, 0.29) is 30.8 Å². The Morgan fingerprint density at radius 1 is 0.315 bits per heavy atom. The lowest BCUT2D eigenvalue weighted by Crippen LogP contribution is -1.71. The first-order valence-electron chi connectivity index (χ1n) is 23.9. The van der Waals surface area contributed by atoms with E-state index < -0.39 is 0 Å². The molecular formula is C55H68F6S12. The molecule has 0 atom stereocenters. The van der Waals surface area contributed by atoms with Crippen LogP contribution in [0.25, 0.3) is 56.4 Å². The Labute approximate surface area is 477 Å². The highest BCUT2D eigenvalue weighted by Crippen LogP contribution is 2.38. The summed E-state index contributed by atoms with van der Waals surface area (Å²) in [5.74, 6) is 0. The maximum absolute atomic E-state index is 13.0. The van der Waals surface area contributed by atoms with E-state index in [0.717, 1.165) is 73.1 Å². The second kappa shape index (κ2) is 35.8. The smallest absolute Gasteiger partial charge is 0.181 e. The molecule has 0 saturated carbocycles. The van der Waals surface area contributed by atoms with E-state index in [1.54, 1.807) is 86.2 Å². The van der Waals surface area contributed by atoms with Crippen LogP contribution in [0.15, 0.2) is 64.0 Å². The van der Waals surface area contributed by atoms with Crippen molar-refractivity contribution in [3.63, 3.8) is 0 Å². The van der Waals surface area contributed by atoms with E-state index in [2.05, 4.69) is 23.8 Å². The second-order valence-corrected chi connectivity index (χ2v) is 26.9. The van der Waals surface area contributed by atoms with Crippen molar-refractivity contribution < 1.29 is 26.3 Å². The zero-order valence-electron chi connectivity index (χ0n) is 45.0. The molecule has 0 aromatic carbocycles. The first-order chi connectivity index (χ1) is 35.1. The van der Waals surface area contributed by atoms with Gasteiger partial charge in [-0.3, -0.25) is 0 Å². The van der Waals surface area contributed by atoms with E-state index in [9.17, 15) is 26.3 Å². The minimum atomic E-state index is -0.0862. The minimum Gasteiger partial charge on any atom is -0.195 e. The molecule has 0 aliphatic carbocycles. The van der Waals surface area contributed by atoms with Crippen molar-refractivity contribution in [1.29, 1.82) is 0 Å². The number of aryl methyl sites for hydroxylation is 7. The van der Waals surface area contributed by atoms with E-state index in [4.69, 9.17) is 0 Å². The molecule has 0 amide bonds. The van der Waals surface area contributed by atoms with Crippen molar-refractivity contribution in [2.45, 2.75) is 132 Å². The van der Waals surface area contributed by atoms with Gasteiger partial charge in [-0.1, -0.05) is 151 Å². The summed E-state index contributed by atoms with van der Waals surface area (Å²) in [4.78, 5) is 2.51. The van der Waals surface area contributed by atoms with Crippen LogP contribution in [0, 0.1) is 79.3 Å². The average molecular weight is 1230 g/mol. The van der Waals surface area contributed by atoms with Crippen molar-refractivity contribution in [2.24, 2.45) is 0 Å². The topological polar surface area (TPSA) is 0 Å². The molecule has 0 spiro atoms. The van der Waals surface area contributed by atoms with Gasteiger partial charge in [0.25, 0.3) is 0 Å². The molecule has 0 N–H and O–H groups in total. The normalized spacial score (nSPS) is 9.71. The van der Waals surface area contributed by atoms with Gasteiger partial charge in [-0.2, -0.15) is 26.3 Å². The molecule has 0 saturated heterocycles. The summed E-state index contributed by atoms with van der Waals surface area (Å²) >= 11 is 17.1. The number of fused-ring (bicyclic) bond motifs is 6. The Morgan fingerprint density at radius 3 is 1.29 bits per heavy atom. The Morgan fingerprint density at radius 2 is 0.740 bits per heavy atom. The molecule has 402 valence electrons. The zero-order chi connectivity index (χ0) is 55.7. The van der Waals surface area contributed by atoms with Crippen LogP contribution in [0.1, 0.15) is 121 Å². The third-order valence-corrected chi connectivity index (χ3v) is 21.8. The molecule has 12 rings (SSSR count). The molecule has 12 heterocycles. The molecule has 0 nitrogen and oxygen atoms in total. The van der Waals surface area contributed by atoms with Gasteiger partial charge < -0.3 is 0 Å². The Kier molecular flexibility index (Phi) is 33.6. The van der Waals surface area contributed by atoms with Gasteiger partial charge in [0.1, 0.15) is 0 Å². The molecule has 12 aromatic heterocycles. The van der Waals surface area contributed by atoms with E-state index in [1.807, 2.05) is 154 Å². The van der Waals surface area contributed by atoms with Crippen LogP contribution in [0.3, 0.4) is 0 Å². The highest BCUT2D eigenvalue weighted by molar-refractivity contribution is 7.39. The summed E-state index contributed by atoms with van der Waals surface area (Å²) in [7, 11) is 0. The average Bonchev–Trinajstić information content (AvgIpc) is 4.26. The summed E-state index contributed by atoms with van der Waals surface area (Å²) < 4.78 is 82.7. The fourth-order valence-corrected chi connectivity index (χ4v) is 18.3. The maximum atomic E-state index is 13.0. The lowest BCUT2D eigenvalue weighted by Gasteiger charge is -1.86. The highest BCUT2D eigenvalue weighted by Gasteiger charge is 2.12. The molecular weight excluding hydrogens is 1160 g/mol. The lowest BCUT2D eigenvalue weighted by molar-refractivity contribution is 0.649. The Hall–Kier alpha value is -2.46. The molecule has 12 aromatic rings. The number of thiophene rings is 12. The Balaban J connectivity index is 0.000000420. The van der Waals surface area contributed by atoms with Crippen LogP contribution >= 0.6 is 136 Å². The van der Waals surface area contributed by atoms with Crippen molar-refractivity contribution in [2.75, 3.05) is 0 Å². The Bertz CT molecular complexity index is 3240. The predicted molar refractivity (Wildman–Crippen MR) is 339 cm³/mol. The number of rotatable bonds is 0. The second-order valence-electron chi connectivity index (χ2n) is 13.3. The van der Waals surface area contributed by atoms with Gasteiger partial charge in [-0.15, -0.1) is 68.0 Å². The van der Waals surface area contributed by atoms with Gasteiger partial charge in [0, 0.05) is 58.8 Å². The first-order valence-corrected chi connectivity index (χ1v) is 33.9. The fraction of sp³-hybridized carbons (Fsp3) is 0.345. The SMILES string of the molecule is CC.CC.CC.CC.CC.CC.Cc1c(F)sc2sccc12.Cc1cc2c(C)c(F)sc2s1.Cc1cc2cc(F)sc2s1.Cc1csc2sc(F)c(C)c12.Cc1csc2sc(F)cc12.Fc1cc2ccsc2s1. The molecule has 0 fully saturated rings. The summed E-state index contributed by atoms with van der Waals surface area (Å²) in [6.45, 7) is 37.6. The van der Waals surface area contributed by atoms with Crippen LogP contribution in [0.4, 0.5) is 26.3 Å². The van der Waals surface area contributed by atoms with Gasteiger partial charge in [-0.05, 0) is 124 Å². The monoisotopic (exact) mass is 1230 g/mol. The third kappa shape index (κ3) is 19.5. The lowest BCUT2D eigenvalue weighted by atomic mass is 10.2. The van der Waals surface area contributed by atoms with Crippen LogP contribution in [0.5, 0.6) is 0 Å². The predicted octanol–water partition coefficient (Wildman–Crippen LogP) is 26.9. The molecule has 0 aliphatic heterocycles. The maximum Gasteiger partial charge on any atom is 0.181 e. The van der Waals surface area contributed by atoms with Crippen LogP contribution < -0.4 is 0 Å². The largest absolute Gasteiger partial charge is 0.195 e. The molecule has 0 unspecified atom stereocenters. The van der Waals surface area contributed by atoms with Gasteiger partial charge in [0.2, 0.25) is 0 Å². The third-order valence-electron chi connectivity index (χ3n) is 8.87. The molecule has 0 aliphatic rings. The number of hydrogen-bond acceptors (Lipinski definition) is 12. The van der Waals surface area contributed by atoms with Crippen LogP contribution in [-0.4, -0.2) is 0 Å². The first kappa shape index (κ1) is 68.6. The molecule has 0 radical (unpaired) electrons. The minimum absolute atomic E-state index is 0.0325. The van der Waals surface area contributed by atoms with Crippen LogP contribution in [0.2, 0.25) is 0 Å². The van der Waals surface area contributed by atoms with Crippen LogP contribution in [-0.2, 0) is 0 Å². The molecule has 18 heteroatoms. The fourth-order valence-electron chi connectivity index (χ4n) is 5.79. The number of hydrogen-bond donors (Lipinski definition) is 0. The highest BCUT2D eigenvalue weighted by atomic mass is 32.2.